The van der Waals surface area contributed by atoms with E-state index in [-0.39, 0.29) is 17.1 Å². The second-order valence-electron chi connectivity index (χ2n) is 12.7. The van der Waals surface area contributed by atoms with Crippen molar-refractivity contribution in [3.05, 3.63) is 157 Å². The van der Waals surface area contributed by atoms with Gasteiger partial charge < -0.3 is 9.97 Å². The summed E-state index contributed by atoms with van der Waals surface area (Å²) in [7, 11) is 4.07. The van der Waals surface area contributed by atoms with Crippen molar-refractivity contribution in [2.75, 3.05) is 0 Å². The molecule has 0 spiro atoms. The smallest absolute Gasteiger partial charge is 0.354 e. The van der Waals surface area contributed by atoms with E-state index >= 15 is 0 Å². The van der Waals surface area contributed by atoms with Crippen molar-refractivity contribution in [1.82, 2.24) is 19.9 Å². The van der Waals surface area contributed by atoms with Gasteiger partial charge in [0.25, 0.3) is 0 Å². The molecule has 7 heteroatoms. The van der Waals surface area contributed by atoms with E-state index in [4.69, 9.17) is 9.97 Å². The largest absolute Gasteiger partial charge is 2.00 e. The number of fused-ring (bicyclic) bond motifs is 8. The average molecular weight is 710 g/mol. The quantitative estimate of drug-likeness (QED) is 0.142. The molecule has 0 saturated carbocycles. The van der Waals surface area contributed by atoms with Crippen LogP contribution in [-0.2, 0) is 31.2 Å². The van der Waals surface area contributed by atoms with Crippen molar-refractivity contribution in [1.29, 1.82) is 0 Å². The van der Waals surface area contributed by atoms with Gasteiger partial charge in [-0.05, 0) is 70.8 Å². The van der Waals surface area contributed by atoms with Gasteiger partial charge in [0.15, 0.2) is 24.8 Å². The summed E-state index contributed by atoms with van der Waals surface area (Å²) in [5.74, 6) is 0. The van der Waals surface area contributed by atoms with Gasteiger partial charge in [0.1, 0.15) is 14.1 Å². The first-order valence-electron chi connectivity index (χ1n) is 16.8. The van der Waals surface area contributed by atoms with Crippen LogP contribution in [0.1, 0.15) is 22.8 Å². The number of H-pyrrole nitrogens is 2. The second-order valence-corrected chi connectivity index (χ2v) is 12.7. The number of aryl methyl sites for hydroxylation is 2. The van der Waals surface area contributed by atoms with Gasteiger partial charge in [0.05, 0.1) is 22.8 Å². The van der Waals surface area contributed by atoms with E-state index in [9.17, 15) is 0 Å². The average Bonchev–Trinajstić information content (AvgIpc) is 3.98. The van der Waals surface area contributed by atoms with Crippen molar-refractivity contribution in [3.63, 3.8) is 0 Å². The summed E-state index contributed by atoms with van der Waals surface area (Å²) in [5, 5.41) is 0. The van der Waals surface area contributed by atoms with Gasteiger partial charge in [-0.1, -0.05) is 60.7 Å². The first-order chi connectivity index (χ1) is 24.6. The Morgan fingerprint density at radius 3 is 1.10 bits per heavy atom. The van der Waals surface area contributed by atoms with Crippen molar-refractivity contribution >= 4 is 46.4 Å². The van der Waals surface area contributed by atoms with Crippen LogP contribution in [0.4, 0.5) is 0 Å². The minimum atomic E-state index is 0. The number of hydrogen-bond donors (Lipinski definition) is 2. The van der Waals surface area contributed by atoms with Gasteiger partial charge >= 0.3 is 17.1 Å². The number of nitrogens with one attached hydrogen (secondary N) is 2. The Kier molecular flexibility index (Phi) is 8.36. The molecule has 0 aliphatic carbocycles. The van der Waals surface area contributed by atoms with Crippen molar-refractivity contribution in [3.8, 4) is 44.5 Å². The maximum atomic E-state index is 5.37. The molecule has 0 fully saturated rings. The normalized spacial score (nSPS) is 11.8. The molecule has 2 aromatic carbocycles. The Balaban J connectivity index is 0.00000374. The fraction of sp³-hybridized carbons (Fsp3) is 0.0455. The molecule has 9 rings (SSSR count). The molecule has 7 heterocycles. The SMILES string of the molecule is C[n+]1ccc(-c2c3nc(c(-c4ccccc4)c4ccc([nH]4)c(-c4ccccc4)c4ccc([nH]4)c(-c4cc[n+](C)cc4)c4nc2C=C4)C=C3)cc1.[Cu+2]. The molecule has 247 valence electrons. The van der Waals surface area contributed by atoms with Gasteiger partial charge in [-0.3, -0.25) is 0 Å². The first-order valence-corrected chi connectivity index (χ1v) is 16.8. The molecule has 2 aliphatic heterocycles. The van der Waals surface area contributed by atoms with Crippen molar-refractivity contribution < 1.29 is 26.2 Å². The molecular formula is C44H34CuN6+4. The zero-order chi connectivity index (χ0) is 33.6. The molecule has 2 N–H and O–H groups in total. The van der Waals surface area contributed by atoms with Crippen LogP contribution in [0.25, 0.3) is 90.9 Å². The first kappa shape index (κ1) is 32.1. The molecule has 0 amide bonds. The van der Waals surface area contributed by atoms with E-state index in [0.717, 1.165) is 89.4 Å². The molecule has 0 saturated heterocycles. The van der Waals surface area contributed by atoms with E-state index < -0.39 is 0 Å². The molecule has 0 atom stereocenters. The Morgan fingerprint density at radius 1 is 0.373 bits per heavy atom. The topological polar surface area (TPSA) is 65.1 Å². The maximum absolute atomic E-state index is 5.37. The van der Waals surface area contributed by atoms with E-state index in [2.05, 4.69) is 162 Å². The molecule has 6 nitrogen and oxygen atoms in total. The third-order valence-electron chi connectivity index (χ3n) is 9.41. The van der Waals surface area contributed by atoms with Gasteiger partial charge in [-0.25, -0.2) is 19.1 Å². The van der Waals surface area contributed by atoms with Crippen LogP contribution in [-0.4, -0.2) is 19.9 Å². The van der Waals surface area contributed by atoms with Crippen LogP contribution in [0.5, 0.6) is 0 Å². The molecule has 1 radical (unpaired) electrons. The van der Waals surface area contributed by atoms with Crippen molar-refractivity contribution in [2.45, 2.75) is 0 Å². The Hall–Kier alpha value is -6.14. The third-order valence-corrected chi connectivity index (χ3v) is 9.41. The fourth-order valence-electron chi connectivity index (χ4n) is 6.97. The minimum absolute atomic E-state index is 0. The van der Waals surface area contributed by atoms with E-state index in [1.165, 1.54) is 0 Å². The predicted octanol–water partition coefficient (Wildman–Crippen LogP) is 8.97. The second kappa shape index (κ2) is 13.3. The standard InChI is InChI=1S/C44H33N6.Cu/c1-49-25-21-31(22-26-49)43-37-17-15-35(46-37)41(29-9-5-3-6-10-29)33-13-14-34(45-33)42(30-11-7-4-8-12-30)36-16-18-38(47-36)44(40-20-19-39(43)48-40)32-23-27-50(2)28-24-32;/h3-28H,1-2H3,(H,45,46,47,48);/q+1;+2/p+1. The van der Waals surface area contributed by atoms with Crippen LogP contribution in [0.15, 0.2) is 134 Å². The zero-order valence-corrected chi connectivity index (χ0v) is 29.0. The van der Waals surface area contributed by atoms with Crippen LogP contribution in [0, 0.1) is 0 Å². The van der Waals surface area contributed by atoms with E-state index in [1.54, 1.807) is 0 Å². The summed E-state index contributed by atoms with van der Waals surface area (Å²) in [6.07, 6.45) is 16.8. The number of aromatic nitrogens is 6. The van der Waals surface area contributed by atoms with E-state index in [1.807, 2.05) is 29.3 Å². The molecule has 51 heavy (non-hydrogen) atoms. The number of aromatic amines is 2. The molecule has 7 aromatic rings. The van der Waals surface area contributed by atoms with Gasteiger partial charge in [-0.15, -0.1) is 0 Å². The molecule has 8 bridgehead atoms. The molecular weight excluding hydrogens is 676 g/mol. The number of benzene rings is 2. The summed E-state index contributed by atoms with van der Waals surface area (Å²) in [6.45, 7) is 0. The summed E-state index contributed by atoms with van der Waals surface area (Å²) < 4.78 is 4.09. The number of rotatable bonds is 4. The molecule has 5 aromatic heterocycles. The number of pyridine rings is 2. The Bertz CT molecular complexity index is 2630. The van der Waals surface area contributed by atoms with E-state index in [0.29, 0.717) is 0 Å². The number of hydrogen-bond acceptors (Lipinski definition) is 2. The fourth-order valence-corrected chi connectivity index (χ4v) is 6.97. The monoisotopic (exact) mass is 709 g/mol. The number of nitrogens with zero attached hydrogens (tertiary/aromatic N) is 4. The van der Waals surface area contributed by atoms with Crippen LogP contribution >= 0.6 is 0 Å². The van der Waals surface area contributed by atoms with Crippen molar-refractivity contribution in [2.24, 2.45) is 14.1 Å². The summed E-state index contributed by atoms with van der Waals surface area (Å²) >= 11 is 0. The van der Waals surface area contributed by atoms with Gasteiger partial charge in [0, 0.05) is 68.6 Å². The maximum Gasteiger partial charge on any atom is 2.00 e. The Morgan fingerprint density at radius 2 is 0.686 bits per heavy atom. The van der Waals surface area contributed by atoms with Crippen LogP contribution in [0.3, 0.4) is 0 Å². The third kappa shape index (κ3) is 5.93. The van der Waals surface area contributed by atoms with Gasteiger partial charge in [0.2, 0.25) is 0 Å². The summed E-state index contributed by atoms with van der Waals surface area (Å²) in [4.78, 5) is 18.4. The van der Waals surface area contributed by atoms with Crippen LogP contribution in [0.2, 0.25) is 0 Å². The predicted molar refractivity (Wildman–Crippen MR) is 203 cm³/mol. The zero-order valence-electron chi connectivity index (χ0n) is 28.1. The minimum Gasteiger partial charge on any atom is -0.354 e. The van der Waals surface area contributed by atoms with Crippen LogP contribution < -0.4 is 9.13 Å². The molecule has 2 aliphatic rings. The molecule has 0 unspecified atom stereocenters. The Labute approximate surface area is 306 Å². The summed E-state index contributed by atoms with van der Waals surface area (Å²) in [5.41, 5.74) is 16.0. The van der Waals surface area contributed by atoms with Gasteiger partial charge in [-0.2, -0.15) is 0 Å². The summed E-state index contributed by atoms with van der Waals surface area (Å²) in [6, 6.07) is 38.3.